The van der Waals surface area contributed by atoms with E-state index in [0.717, 1.165) is 31.2 Å². The van der Waals surface area contributed by atoms with Crippen LogP contribution in [-0.4, -0.2) is 14.3 Å². The molecule has 0 aromatic carbocycles. The number of nitriles is 4. The molecular formula is C22H12N6OS2. The molecule has 0 saturated carbocycles. The lowest BCUT2D eigenvalue weighted by Crippen LogP contribution is -2.49. The molecule has 2 aromatic heterocycles. The predicted octanol–water partition coefficient (Wildman–Crippen LogP) is 3.39. The fourth-order valence-electron chi connectivity index (χ4n) is 4.42. The first-order valence-electron chi connectivity index (χ1n) is 9.56. The molecule has 0 fully saturated rings. The number of hydrogen-bond acceptors (Lipinski definition) is 8. The molecule has 0 unspecified atom stereocenters. The second-order valence-corrected chi connectivity index (χ2v) is 9.80. The molecule has 0 N–H and O–H groups in total. The fourth-order valence-corrected chi connectivity index (χ4v) is 7.08. The zero-order valence-corrected chi connectivity index (χ0v) is 17.7. The number of nitrogens with zero attached hydrogens (tertiary/aromatic N) is 6. The number of fused-ring (bicyclic) bond motifs is 4. The Morgan fingerprint density at radius 1 is 1.06 bits per heavy atom. The van der Waals surface area contributed by atoms with Crippen LogP contribution in [0.1, 0.15) is 23.3 Å². The van der Waals surface area contributed by atoms with E-state index in [2.05, 4.69) is 12.1 Å². The molecule has 0 atom stereocenters. The van der Waals surface area contributed by atoms with E-state index in [-0.39, 0.29) is 11.1 Å². The van der Waals surface area contributed by atoms with Crippen molar-refractivity contribution >= 4 is 33.3 Å². The van der Waals surface area contributed by atoms with Gasteiger partial charge in [-0.1, -0.05) is 36.1 Å². The summed E-state index contributed by atoms with van der Waals surface area (Å²) in [4.78, 5) is 20.2. The number of rotatable bonds is 0. The van der Waals surface area contributed by atoms with Crippen molar-refractivity contribution in [1.82, 2.24) is 9.55 Å². The molecule has 0 amide bonds. The maximum Gasteiger partial charge on any atom is 0.265 e. The van der Waals surface area contributed by atoms with E-state index >= 15 is 0 Å². The summed E-state index contributed by atoms with van der Waals surface area (Å²) in [5.41, 5.74) is -0.864. The molecule has 0 bridgehead atoms. The minimum Gasteiger partial charge on any atom is -0.268 e. The van der Waals surface area contributed by atoms with E-state index < -0.39 is 10.3 Å². The lowest BCUT2D eigenvalue weighted by Gasteiger charge is -2.32. The van der Waals surface area contributed by atoms with Gasteiger partial charge in [0.25, 0.3) is 5.56 Å². The number of hydrogen-bond donors (Lipinski definition) is 0. The third-order valence-corrected chi connectivity index (χ3v) is 8.52. The number of aromatic nitrogens is 2. The van der Waals surface area contributed by atoms with E-state index in [0.29, 0.717) is 20.9 Å². The molecule has 1 spiro atoms. The Bertz CT molecular complexity index is 1450. The monoisotopic (exact) mass is 440 g/mol. The summed E-state index contributed by atoms with van der Waals surface area (Å²) in [6.45, 7) is 0. The summed E-state index contributed by atoms with van der Waals surface area (Å²) in [5, 5.41) is 39.5. The van der Waals surface area contributed by atoms with Gasteiger partial charge in [-0.2, -0.15) is 21.0 Å². The number of thioether (sulfide) groups is 1. The van der Waals surface area contributed by atoms with Gasteiger partial charge in [-0.3, -0.25) is 9.36 Å². The zero-order valence-electron chi connectivity index (χ0n) is 16.0. The van der Waals surface area contributed by atoms with Crippen LogP contribution >= 0.6 is 23.1 Å². The first-order valence-corrected chi connectivity index (χ1v) is 11.2. The molecule has 2 aromatic rings. The number of thiophene rings is 1. The number of aryl methyl sites for hydroxylation is 2. The van der Waals surface area contributed by atoms with Crippen LogP contribution in [-0.2, 0) is 18.4 Å². The summed E-state index contributed by atoms with van der Waals surface area (Å²) in [7, 11) is 0. The first kappa shape index (κ1) is 19.3. The second kappa shape index (κ2) is 6.69. The Labute approximate surface area is 185 Å². The normalized spacial score (nSPS) is 22.3. The summed E-state index contributed by atoms with van der Waals surface area (Å²) >= 11 is 2.69. The molecule has 2 aliphatic carbocycles. The SMILES string of the molecule is N#CC(C#N)=C1C=CC2(C=C1)Sc1nc3sc4c(c3c(=O)n1C2(C#N)C#N)CCCC4. The van der Waals surface area contributed by atoms with Crippen LogP contribution in [0.25, 0.3) is 10.2 Å². The molecule has 7 nitrogen and oxygen atoms in total. The van der Waals surface area contributed by atoms with Crippen LogP contribution in [0.4, 0.5) is 0 Å². The van der Waals surface area contributed by atoms with E-state index in [4.69, 9.17) is 15.5 Å². The molecule has 0 radical (unpaired) electrons. The van der Waals surface area contributed by atoms with Gasteiger partial charge in [0.15, 0.2) is 5.16 Å². The van der Waals surface area contributed by atoms with Gasteiger partial charge in [0.2, 0.25) is 5.54 Å². The van der Waals surface area contributed by atoms with Crippen molar-refractivity contribution in [1.29, 1.82) is 21.0 Å². The van der Waals surface area contributed by atoms with Gasteiger partial charge in [-0.05, 0) is 31.2 Å². The number of allylic oxidation sites excluding steroid dienone is 4. The molecule has 1 aliphatic heterocycles. The Hall–Kier alpha value is -3.63. The van der Waals surface area contributed by atoms with Gasteiger partial charge in [0, 0.05) is 10.5 Å². The standard InChI is InChI=1S/C22H12N6OS2/c23-9-14(10-24)13-5-7-22(8-6-13)21(11-25,12-26)28-19(29)17-15-3-1-2-4-16(15)30-18(17)27-20(28)31-22/h5-8H,1-4H2. The van der Waals surface area contributed by atoms with Crippen molar-refractivity contribution in [2.24, 2.45) is 0 Å². The van der Waals surface area contributed by atoms with Crippen LogP contribution in [0, 0.1) is 45.3 Å². The van der Waals surface area contributed by atoms with E-state index in [1.54, 1.807) is 24.3 Å². The molecule has 5 rings (SSSR count). The fraction of sp³-hybridized carbons (Fsp3) is 0.273. The van der Waals surface area contributed by atoms with Crippen molar-refractivity contribution in [2.45, 2.75) is 41.1 Å². The first-order chi connectivity index (χ1) is 15.0. The largest absolute Gasteiger partial charge is 0.268 e. The van der Waals surface area contributed by atoms with Crippen molar-refractivity contribution in [3.05, 3.63) is 56.2 Å². The zero-order chi connectivity index (χ0) is 21.8. The van der Waals surface area contributed by atoms with E-state index in [1.807, 2.05) is 12.1 Å². The lowest BCUT2D eigenvalue weighted by atomic mass is 9.81. The summed E-state index contributed by atoms with van der Waals surface area (Å²) < 4.78 is 0.0409. The quantitative estimate of drug-likeness (QED) is 0.453. The summed E-state index contributed by atoms with van der Waals surface area (Å²) in [6, 6.07) is 7.85. The highest BCUT2D eigenvalue weighted by molar-refractivity contribution is 8.01. The lowest BCUT2D eigenvalue weighted by molar-refractivity contribution is 0.428. The van der Waals surface area contributed by atoms with Crippen molar-refractivity contribution in [3.8, 4) is 24.3 Å². The van der Waals surface area contributed by atoms with Crippen molar-refractivity contribution < 1.29 is 0 Å². The van der Waals surface area contributed by atoms with Gasteiger partial charge in [-0.15, -0.1) is 11.3 Å². The average molecular weight is 441 g/mol. The van der Waals surface area contributed by atoms with Gasteiger partial charge in [0.1, 0.15) is 39.4 Å². The smallest absolute Gasteiger partial charge is 0.265 e. The maximum absolute atomic E-state index is 13.6. The highest BCUT2D eigenvalue weighted by Gasteiger charge is 2.60. The van der Waals surface area contributed by atoms with Crippen LogP contribution in [0.15, 0.2) is 45.4 Å². The highest BCUT2D eigenvalue weighted by atomic mass is 32.2. The van der Waals surface area contributed by atoms with Gasteiger partial charge < -0.3 is 0 Å². The Morgan fingerprint density at radius 3 is 2.39 bits per heavy atom. The molecular weight excluding hydrogens is 428 g/mol. The molecule has 31 heavy (non-hydrogen) atoms. The Balaban J connectivity index is 1.77. The summed E-state index contributed by atoms with van der Waals surface area (Å²) in [6.07, 6.45) is 10.1. The Morgan fingerprint density at radius 2 is 1.74 bits per heavy atom. The molecule has 3 heterocycles. The van der Waals surface area contributed by atoms with Crippen LogP contribution < -0.4 is 5.56 Å². The second-order valence-electron chi connectivity index (χ2n) is 7.48. The molecule has 9 heteroatoms. The topological polar surface area (TPSA) is 130 Å². The van der Waals surface area contributed by atoms with E-state index in [9.17, 15) is 15.3 Å². The van der Waals surface area contributed by atoms with Crippen LogP contribution in [0.2, 0.25) is 0 Å². The minimum absolute atomic E-state index is 0.0650. The third kappa shape index (κ3) is 2.37. The molecule has 3 aliphatic rings. The molecule has 148 valence electrons. The van der Waals surface area contributed by atoms with Crippen molar-refractivity contribution in [2.75, 3.05) is 0 Å². The van der Waals surface area contributed by atoms with E-state index in [1.165, 1.54) is 32.5 Å². The van der Waals surface area contributed by atoms with Gasteiger partial charge in [-0.25, -0.2) is 4.98 Å². The minimum atomic E-state index is -1.84. The third-order valence-electron chi connectivity index (χ3n) is 5.98. The summed E-state index contributed by atoms with van der Waals surface area (Å²) in [5.74, 6) is 0. The predicted molar refractivity (Wildman–Crippen MR) is 115 cm³/mol. The van der Waals surface area contributed by atoms with Gasteiger partial charge >= 0.3 is 0 Å². The van der Waals surface area contributed by atoms with Crippen molar-refractivity contribution in [3.63, 3.8) is 0 Å². The average Bonchev–Trinajstić information content (AvgIpc) is 3.29. The maximum atomic E-state index is 13.6. The Kier molecular flexibility index (Phi) is 4.17. The highest BCUT2D eigenvalue weighted by Crippen LogP contribution is 2.54. The molecule has 0 saturated heterocycles. The van der Waals surface area contributed by atoms with Crippen LogP contribution in [0.3, 0.4) is 0 Å². The van der Waals surface area contributed by atoms with Gasteiger partial charge in [0.05, 0.1) is 5.39 Å². The van der Waals surface area contributed by atoms with Crippen LogP contribution in [0.5, 0.6) is 0 Å².